The summed E-state index contributed by atoms with van der Waals surface area (Å²) in [5.74, 6) is -0.205. The van der Waals surface area contributed by atoms with Crippen molar-refractivity contribution in [3.05, 3.63) is 0 Å². The number of nitrogens with zero attached hydrogens (tertiary/aromatic N) is 1. The molecule has 0 aliphatic carbocycles. The Bertz CT molecular complexity index is 509. The molecule has 1 spiro atoms. The molecular weight excluding hydrogens is 308 g/mol. The van der Waals surface area contributed by atoms with E-state index < -0.39 is 15.6 Å². The molecule has 1 unspecified atom stereocenters. The van der Waals surface area contributed by atoms with Crippen molar-refractivity contribution in [1.82, 2.24) is 4.90 Å². The Labute approximate surface area is 131 Å². The first-order valence-corrected chi connectivity index (χ1v) is 9.47. The molecule has 3 N–H and O–H groups in total. The zero-order chi connectivity index (χ0) is 16.4. The lowest BCUT2D eigenvalue weighted by molar-refractivity contribution is -0.175. The van der Waals surface area contributed by atoms with E-state index in [0.717, 1.165) is 0 Å². The number of likely N-dealkylation sites (tertiary alicyclic amines) is 1. The lowest BCUT2D eigenvalue weighted by Gasteiger charge is -2.48. The molecule has 2 fully saturated rings. The number of hydrogen-bond acceptors (Lipinski definition) is 5. The van der Waals surface area contributed by atoms with Gasteiger partial charge in [0.05, 0.1) is 23.6 Å². The minimum atomic E-state index is -3.50. The Morgan fingerprint density at radius 1 is 1.32 bits per heavy atom. The summed E-state index contributed by atoms with van der Waals surface area (Å²) < 4.78 is 27.6. The number of hydrogen-bond donors (Lipinski definition) is 2. The largest absolute Gasteiger partial charge is 0.390 e. The molecule has 0 aromatic rings. The zero-order valence-electron chi connectivity index (χ0n) is 13.1. The van der Waals surface area contributed by atoms with Crippen molar-refractivity contribution < 1.29 is 23.1 Å². The van der Waals surface area contributed by atoms with Gasteiger partial charge in [-0.25, -0.2) is 13.6 Å². The highest BCUT2D eigenvalue weighted by Gasteiger charge is 2.44. The van der Waals surface area contributed by atoms with Crippen molar-refractivity contribution in [2.75, 3.05) is 25.4 Å². The summed E-state index contributed by atoms with van der Waals surface area (Å²) >= 11 is 0. The van der Waals surface area contributed by atoms with Crippen LogP contribution in [0.3, 0.4) is 0 Å². The summed E-state index contributed by atoms with van der Waals surface area (Å²) in [6.07, 6.45) is 3.12. The van der Waals surface area contributed by atoms with Gasteiger partial charge < -0.3 is 14.7 Å². The summed E-state index contributed by atoms with van der Waals surface area (Å²) in [7, 11) is -3.50. The third-order valence-corrected chi connectivity index (χ3v) is 5.46. The summed E-state index contributed by atoms with van der Waals surface area (Å²) in [6.45, 7) is 3.56. The molecule has 0 aromatic heterocycles. The lowest BCUT2D eigenvalue weighted by Crippen LogP contribution is -2.54. The van der Waals surface area contributed by atoms with Crippen LogP contribution in [0.1, 0.15) is 45.4 Å². The number of sulfonamides is 1. The van der Waals surface area contributed by atoms with Crippen LogP contribution in [0.5, 0.6) is 0 Å². The van der Waals surface area contributed by atoms with E-state index in [4.69, 9.17) is 9.88 Å². The summed E-state index contributed by atoms with van der Waals surface area (Å²) in [6, 6.07) is 0. The SMILES string of the molecule is CC1(O)CCOC2(CCN(C(=O)CCCS(N)(=O)=O)CC2)C1. The monoisotopic (exact) mass is 334 g/mol. The number of primary sulfonamides is 1. The van der Waals surface area contributed by atoms with E-state index in [1.807, 2.05) is 6.92 Å². The van der Waals surface area contributed by atoms with Crippen molar-refractivity contribution in [3.8, 4) is 0 Å². The lowest BCUT2D eigenvalue weighted by atomic mass is 9.78. The summed E-state index contributed by atoms with van der Waals surface area (Å²) in [4.78, 5) is 13.8. The number of nitrogens with two attached hydrogens (primary N) is 1. The highest BCUT2D eigenvalue weighted by molar-refractivity contribution is 7.89. The Morgan fingerprint density at radius 3 is 2.50 bits per heavy atom. The van der Waals surface area contributed by atoms with E-state index in [2.05, 4.69) is 0 Å². The second kappa shape index (κ2) is 6.43. The van der Waals surface area contributed by atoms with Gasteiger partial charge in [-0.2, -0.15) is 0 Å². The molecule has 2 saturated heterocycles. The number of rotatable bonds is 4. The first kappa shape index (κ1) is 17.7. The van der Waals surface area contributed by atoms with Crippen LogP contribution in [0.15, 0.2) is 0 Å². The molecule has 1 atom stereocenters. The van der Waals surface area contributed by atoms with Crippen molar-refractivity contribution >= 4 is 15.9 Å². The second-order valence-corrected chi connectivity index (χ2v) is 8.54. The smallest absolute Gasteiger partial charge is 0.222 e. The van der Waals surface area contributed by atoms with Gasteiger partial charge >= 0.3 is 0 Å². The standard InChI is InChI=1S/C14H26N2O5S/c1-13(18)6-9-21-14(11-13)4-7-16(8-5-14)12(17)3-2-10-22(15,19)20/h18H,2-11H2,1H3,(H2,15,19,20). The minimum Gasteiger partial charge on any atom is -0.390 e. The third kappa shape index (κ3) is 4.91. The Morgan fingerprint density at radius 2 is 1.95 bits per heavy atom. The van der Waals surface area contributed by atoms with Crippen LogP contribution >= 0.6 is 0 Å². The number of ether oxygens (including phenoxy) is 1. The molecule has 7 nitrogen and oxygen atoms in total. The van der Waals surface area contributed by atoms with E-state index in [1.54, 1.807) is 4.90 Å². The van der Waals surface area contributed by atoms with Crippen molar-refractivity contribution in [3.63, 3.8) is 0 Å². The molecule has 2 aliphatic heterocycles. The van der Waals surface area contributed by atoms with E-state index in [-0.39, 0.29) is 30.1 Å². The van der Waals surface area contributed by atoms with Gasteiger partial charge in [0.2, 0.25) is 15.9 Å². The van der Waals surface area contributed by atoms with Gasteiger partial charge in [0, 0.05) is 25.9 Å². The van der Waals surface area contributed by atoms with Crippen LogP contribution < -0.4 is 5.14 Å². The first-order valence-electron chi connectivity index (χ1n) is 7.76. The molecule has 1 amide bonds. The molecule has 0 radical (unpaired) electrons. The fourth-order valence-corrected chi connectivity index (χ4v) is 3.94. The van der Waals surface area contributed by atoms with Gasteiger partial charge in [-0.1, -0.05) is 0 Å². The molecular formula is C14H26N2O5S. The van der Waals surface area contributed by atoms with E-state index >= 15 is 0 Å². The van der Waals surface area contributed by atoms with Gasteiger partial charge in [0.15, 0.2) is 0 Å². The number of aliphatic hydroxyl groups is 1. The Hall–Kier alpha value is -0.700. The van der Waals surface area contributed by atoms with Gasteiger partial charge in [-0.3, -0.25) is 4.79 Å². The molecule has 8 heteroatoms. The Kier molecular flexibility index (Phi) is 5.16. The summed E-state index contributed by atoms with van der Waals surface area (Å²) in [5.41, 5.74) is -1.01. The number of amides is 1. The van der Waals surface area contributed by atoms with E-state index in [0.29, 0.717) is 45.4 Å². The predicted molar refractivity (Wildman–Crippen MR) is 81.6 cm³/mol. The Balaban J connectivity index is 1.80. The fourth-order valence-electron chi connectivity index (χ4n) is 3.39. The van der Waals surface area contributed by atoms with Crippen LogP contribution in [0.4, 0.5) is 0 Å². The zero-order valence-corrected chi connectivity index (χ0v) is 13.9. The normalized spacial score (nSPS) is 28.8. The topological polar surface area (TPSA) is 110 Å². The molecule has 0 saturated carbocycles. The van der Waals surface area contributed by atoms with Gasteiger partial charge in [-0.15, -0.1) is 0 Å². The molecule has 2 rings (SSSR count). The molecule has 0 bridgehead atoms. The van der Waals surface area contributed by atoms with Gasteiger partial charge in [-0.05, 0) is 32.6 Å². The summed E-state index contributed by atoms with van der Waals surface area (Å²) in [5, 5.41) is 15.2. The second-order valence-electron chi connectivity index (χ2n) is 6.81. The van der Waals surface area contributed by atoms with Crippen molar-refractivity contribution in [2.45, 2.75) is 56.7 Å². The highest BCUT2D eigenvalue weighted by Crippen LogP contribution is 2.39. The maximum atomic E-state index is 12.1. The molecule has 2 aliphatic rings. The van der Waals surface area contributed by atoms with Crippen molar-refractivity contribution in [1.29, 1.82) is 0 Å². The van der Waals surface area contributed by atoms with Crippen LogP contribution in [-0.4, -0.2) is 61.0 Å². The van der Waals surface area contributed by atoms with Gasteiger partial charge in [0.1, 0.15) is 0 Å². The number of carbonyl (C=O) groups is 1. The predicted octanol–water partition coefficient (Wildman–Crippen LogP) is -0.0223. The molecule has 2 heterocycles. The third-order valence-electron chi connectivity index (χ3n) is 4.60. The molecule has 22 heavy (non-hydrogen) atoms. The van der Waals surface area contributed by atoms with Crippen molar-refractivity contribution in [2.24, 2.45) is 5.14 Å². The molecule has 0 aromatic carbocycles. The minimum absolute atomic E-state index is 0.0407. The quantitative estimate of drug-likeness (QED) is 0.751. The van der Waals surface area contributed by atoms with E-state index in [1.165, 1.54) is 0 Å². The van der Waals surface area contributed by atoms with Crippen LogP contribution in [-0.2, 0) is 19.6 Å². The maximum Gasteiger partial charge on any atom is 0.222 e. The maximum absolute atomic E-state index is 12.1. The average Bonchev–Trinajstić information content (AvgIpc) is 2.36. The number of piperidine rings is 1. The van der Waals surface area contributed by atoms with E-state index in [9.17, 15) is 18.3 Å². The van der Waals surface area contributed by atoms with Crippen LogP contribution in [0.2, 0.25) is 0 Å². The molecule has 128 valence electrons. The first-order chi connectivity index (χ1) is 10.1. The number of carbonyl (C=O) groups excluding carboxylic acids is 1. The average molecular weight is 334 g/mol. The highest BCUT2D eigenvalue weighted by atomic mass is 32.2. The van der Waals surface area contributed by atoms with Crippen LogP contribution in [0, 0.1) is 0 Å². The van der Waals surface area contributed by atoms with Gasteiger partial charge in [0.25, 0.3) is 0 Å². The van der Waals surface area contributed by atoms with Crippen LogP contribution in [0.25, 0.3) is 0 Å². The fraction of sp³-hybridized carbons (Fsp3) is 0.929.